The Morgan fingerprint density at radius 3 is 2.60 bits per heavy atom. The third kappa shape index (κ3) is 3.63. The Labute approximate surface area is 123 Å². The number of rotatable bonds is 7. The average Bonchev–Trinajstić information content (AvgIpc) is 2.75. The fourth-order valence-corrected chi connectivity index (χ4v) is 2.83. The molecule has 2 heteroatoms. The molecular formula is C18H28N2. The van der Waals surface area contributed by atoms with Crippen LogP contribution in [-0.4, -0.2) is 10.6 Å². The van der Waals surface area contributed by atoms with Gasteiger partial charge in [0, 0.05) is 30.3 Å². The smallest absolute Gasteiger partial charge is 0.0483 e. The molecular weight excluding hydrogens is 244 g/mol. The zero-order chi connectivity index (χ0) is 14.5. The highest BCUT2D eigenvalue weighted by Crippen LogP contribution is 2.22. The summed E-state index contributed by atoms with van der Waals surface area (Å²) >= 11 is 0. The number of aromatic nitrogens is 1. The summed E-state index contributed by atoms with van der Waals surface area (Å²) in [6, 6.07) is 11.6. The van der Waals surface area contributed by atoms with Crippen LogP contribution in [0, 0.1) is 5.92 Å². The van der Waals surface area contributed by atoms with Crippen molar-refractivity contribution in [3.05, 3.63) is 36.0 Å². The molecule has 2 nitrogen and oxygen atoms in total. The highest BCUT2D eigenvalue weighted by atomic mass is 15.0. The first kappa shape index (κ1) is 15.1. The Morgan fingerprint density at radius 1 is 1.15 bits per heavy atom. The molecule has 2 aromatic rings. The van der Waals surface area contributed by atoms with Crippen LogP contribution in [0.5, 0.6) is 0 Å². The second-order valence-electron chi connectivity index (χ2n) is 6.23. The van der Waals surface area contributed by atoms with Gasteiger partial charge in [-0.05, 0) is 29.9 Å². The van der Waals surface area contributed by atoms with Gasteiger partial charge in [0.1, 0.15) is 0 Å². The van der Waals surface area contributed by atoms with Gasteiger partial charge in [0.15, 0.2) is 0 Å². The molecule has 1 aromatic heterocycles. The second-order valence-corrected chi connectivity index (χ2v) is 6.23. The summed E-state index contributed by atoms with van der Waals surface area (Å²) in [5.74, 6) is 0.730. The molecule has 1 aromatic carbocycles. The van der Waals surface area contributed by atoms with Crippen LogP contribution >= 0.6 is 0 Å². The second kappa shape index (κ2) is 6.94. The van der Waals surface area contributed by atoms with Crippen LogP contribution in [-0.2, 0) is 13.1 Å². The average molecular weight is 272 g/mol. The highest BCUT2D eigenvalue weighted by Gasteiger charge is 2.11. The zero-order valence-electron chi connectivity index (χ0n) is 13.3. The molecule has 1 unspecified atom stereocenters. The summed E-state index contributed by atoms with van der Waals surface area (Å²) in [5.41, 5.74) is 2.78. The first-order valence-electron chi connectivity index (χ1n) is 7.92. The lowest BCUT2D eigenvalue weighted by Gasteiger charge is -2.17. The van der Waals surface area contributed by atoms with Gasteiger partial charge in [-0.2, -0.15) is 0 Å². The van der Waals surface area contributed by atoms with Crippen molar-refractivity contribution in [3.8, 4) is 0 Å². The van der Waals surface area contributed by atoms with E-state index in [-0.39, 0.29) is 0 Å². The van der Waals surface area contributed by atoms with Gasteiger partial charge in [0.2, 0.25) is 0 Å². The monoisotopic (exact) mass is 272 g/mol. The maximum absolute atomic E-state index is 3.55. The topological polar surface area (TPSA) is 17.0 Å². The van der Waals surface area contributed by atoms with E-state index in [9.17, 15) is 0 Å². The summed E-state index contributed by atoms with van der Waals surface area (Å²) in [4.78, 5) is 0. The van der Waals surface area contributed by atoms with Crippen molar-refractivity contribution < 1.29 is 0 Å². The molecule has 0 spiro atoms. The van der Waals surface area contributed by atoms with Crippen LogP contribution in [0.25, 0.3) is 10.9 Å². The Morgan fingerprint density at radius 2 is 1.90 bits per heavy atom. The largest absolute Gasteiger partial charge is 0.343 e. The molecule has 0 aliphatic carbocycles. The number of hydrogen-bond acceptors (Lipinski definition) is 1. The molecule has 1 atom stereocenters. The lowest BCUT2D eigenvalue weighted by Crippen LogP contribution is -2.24. The van der Waals surface area contributed by atoms with Gasteiger partial charge in [0.25, 0.3) is 0 Å². The Bertz CT molecular complexity index is 539. The van der Waals surface area contributed by atoms with Crippen LogP contribution in [0.4, 0.5) is 0 Å². The number of hydrogen-bond donors (Lipinski definition) is 1. The molecule has 0 saturated heterocycles. The normalized spacial score (nSPS) is 13.2. The predicted octanol–water partition coefficient (Wildman–Crippen LogP) is 4.58. The van der Waals surface area contributed by atoms with Gasteiger partial charge in [-0.15, -0.1) is 0 Å². The molecule has 1 N–H and O–H groups in total. The molecule has 0 aliphatic rings. The summed E-state index contributed by atoms with van der Waals surface area (Å²) in [5, 5.41) is 4.91. The number of fused-ring (bicyclic) bond motifs is 1. The highest BCUT2D eigenvalue weighted by molar-refractivity contribution is 5.81. The van der Waals surface area contributed by atoms with E-state index in [1.165, 1.54) is 29.4 Å². The van der Waals surface area contributed by atoms with Gasteiger partial charge in [-0.1, -0.05) is 52.3 Å². The van der Waals surface area contributed by atoms with Crippen LogP contribution in [0.2, 0.25) is 0 Å². The lowest BCUT2D eigenvalue weighted by molar-refractivity contribution is 0.439. The number of para-hydroxylation sites is 1. The van der Waals surface area contributed by atoms with Crippen LogP contribution in [0.3, 0.4) is 0 Å². The summed E-state index contributed by atoms with van der Waals surface area (Å²) in [6.45, 7) is 11.1. The summed E-state index contributed by atoms with van der Waals surface area (Å²) < 4.78 is 2.50. The minimum atomic E-state index is 0.523. The van der Waals surface area contributed by atoms with Gasteiger partial charge in [-0.3, -0.25) is 0 Å². The van der Waals surface area contributed by atoms with E-state index in [0.29, 0.717) is 6.04 Å². The first-order valence-corrected chi connectivity index (χ1v) is 7.92. The van der Waals surface area contributed by atoms with E-state index in [2.05, 4.69) is 67.9 Å². The molecule has 0 saturated carbocycles. The van der Waals surface area contributed by atoms with Crippen molar-refractivity contribution in [2.24, 2.45) is 5.92 Å². The number of nitrogens with one attached hydrogen (secondary N) is 1. The van der Waals surface area contributed by atoms with Crippen molar-refractivity contribution in [2.45, 2.75) is 59.7 Å². The number of nitrogens with zero attached hydrogens (tertiary/aromatic N) is 1. The van der Waals surface area contributed by atoms with Crippen LogP contribution in [0.15, 0.2) is 30.3 Å². The minimum absolute atomic E-state index is 0.523. The van der Waals surface area contributed by atoms with Gasteiger partial charge < -0.3 is 9.88 Å². The Balaban J connectivity index is 2.29. The van der Waals surface area contributed by atoms with Gasteiger partial charge in [-0.25, -0.2) is 0 Å². The zero-order valence-corrected chi connectivity index (χ0v) is 13.3. The fourth-order valence-electron chi connectivity index (χ4n) is 2.83. The van der Waals surface area contributed by atoms with E-state index in [0.717, 1.165) is 19.0 Å². The molecule has 0 radical (unpaired) electrons. The fraction of sp³-hybridized carbons (Fsp3) is 0.556. The molecule has 1 heterocycles. The van der Waals surface area contributed by atoms with Crippen LogP contribution < -0.4 is 5.32 Å². The quantitative estimate of drug-likeness (QED) is 0.781. The van der Waals surface area contributed by atoms with Crippen LogP contribution in [0.1, 0.15) is 46.2 Å². The Hall–Kier alpha value is -1.28. The van der Waals surface area contributed by atoms with E-state index in [1.807, 2.05) is 0 Å². The summed E-state index contributed by atoms with van der Waals surface area (Å²) in [6.07, 6.45) is 2.56. The van der Waals surface area contributed by atoms with Crippen molar-refractivity contribution in [3.63, 3.8) is 0 Å². The van der Waals surface area contributed by atoms with E-state index in [4.69, 9.17) is 0 Å². The van der Waals surface area contributed by atoms with E-state index >= 15 is 0 Å². The molecule has 110 valence electrons. The molecule has 0 amide bonds. The lowest BCUT2D eigenvalue weighted by atomic mass is 10.1. The first-order chi connectivity index (χ1) is 9.61. The SMILES string of the molecule is CCCC(C)Cn1c(CNC(C)C)cc2ccccc21. The minimum Gasteiger partial charge on any atom is -0.343 e. The van der Waals surface area contributed by atoms with Gasteiger partial charge >= 0.3 is 0 Å². The standard InChI is InChI=1S/C18H28N2/c1-5-8-15(4)13-20-17(12-19-14(2)3)11-16-9-6-7-10-18(16)20/h6-7,9-11,14-15,19H,5,8,12-13H2,1-4H3. The molecule has 0 fully saturated rings. The van der Waals surface area contributed by atoms with Crippen molar-refractivity contribution in [1.29, 1.82) is 0 Å². The molecule has 0 aliphatic heterocycles. The van der Waals surface area contributed by atoms with E-state index in [1.54, 1.807) is 0 Å². The van der Waals surface area contributed by atoms with Crippen molar-refractivity contribution in [1.82, 2.24) is 9.88 Å². The third-order valence-corrected chi connectivity index (χ3v) is 3.86. The Kier molecular flexibility index (Phi) is 5.24. The molecule has 2 rings (SSSR count). The molecule has 20 heavy (non-hydrogen) atoms. The number of benzene rings is 1. The maximum atomic E-state index is 3.55. The predicted molar refractivity (Wildman–Crippen MR) is 88.0 cm³/mol. The summed E-state index contributed by atoms with van der Waals surface area (Å²) in [7, 11) is 0. The van der Waals surface area contributed by atoms with Crippen molar-refractivity contribution >= 4 is 10.9 Å². The maximum Gasteiger partial charge on any atom is 0.0483 e. The van der Waals surface area contributed by atoms with Crippen molar-refractivity contribution in [2.75, 3.05) is 0 Å². The van der Waals surface area contributed by atoms with E-state index < -0.39 is 0 Å². The molecule has 0 bridgehead atoms. The third-order valence-electron chi connectivity index (χ3n) is 3.86. The van der Waals surface area contributed by atoms with Gasteiger partial charge in [0.05, 0.1) is 0 Å².